The van der Waals surface area contributed by atoms with E-state index in [2.05, 4.69) is 15.3 Å². The molecule has 0 atom stereocenters. The Hall–Kier alpha value is -3.38. The highest BCUT2D eigenvalue weighted by atomic mass is 35.5. The average molecular weight is 591 g/mol. The lowest BCUT2D eigenvalue weighted by Gasteiger charge is -2.38. The molecule has 0 spiro atoms. The molecule has 1 saturated heterocycles. The van der Waals surface area contributed by atoms with Crippen LogP contribution in [0.2, 0.25) is 10.0 Å². The van der Waals surface area contributed by atoms with Crippen molar-refractivity contribution in [1.82, 2.24) is 24.3 Å². The monoisotopic (exact) mass is 590 g/mol. The van der Waals surface area contributed by atoms with E-state index in [4.69, 9.17) is 37.4 Å². The summed E-state index contributed by atoms with van der Waals surface area (Å²) in [6, 6.07) is 3.22. The number of anilines is 1. The lowest BCUT2D eigenvalue weighted by atomic mass is 10.0. The third kappa shape index (κ3) is 6.17. The molecule has 3 heterocycles. The van der Waals surface area contributed by atoms with Crippen LogP contribution in [-0.2, 0) is 16.1 Å². The number of hydrogen-bond donors (Lipinski definition) is 1. The first-order chi connectivity index (χ1) is 19.2. The van der Waals surface area contributed by atoms with Crippen molar-refractivity contribution in [2.24, 2.45) is 0 Å². The molecular formula is C27H32Cl2N6O5. The highest BCUT2D eigenvalue weighted by Crippen LogP contribution is 2.45. The van der Waals surface area contributed by atoms with Gasteiger partial charge in [0.25, 0.3) is 5.56 Å². The van der Waals surface area contributed by atoms with Gasteiger partial charge >= 0.3 is 0 Å². The summed E-state index contributed by atoms with van der Waals surface area (Å²) in [5, 5.41) is 3.86. The van der Waals surface area contributed by atoms with E-state index >= 15 is 0 Å². The first-order valence-corrected chi connectivity index (χ1v) is 13.3. The van der Waals surface area contributed by atoms with Crippen LogP contribution in [0.5, 0.6) is 11.5 Å². The van der Waals surface area contributed by atoms with Crippen LogP contribution in [0.4, 0.5) is 5.95 Å². The second-order valence-corrected chi connectivity index (χ2v) is 10.2. The van der Waals surface area contributed by atoms with Crippen LogP contribution in [0, 0.1) is 0 Å². The molecular weight excluding hydrogens is 559 g/mol. The molecule has 0 radical (unpaired) electrons. The number of likely N-dealkylation sites (tertiary alicyclic amines) is 1. The van der Waals surface area contributed by atoms with Gasteiger partial charge in [-0.05, 0) is 20.2 Å². The van der Waals surface area contributed by atoms with Gasteiger partial charge in [0.1, 0.15) is 17.1 Å². The molecule has 2 aromatic heterocycles. The van der Waals surface area contributed by atoms with E-state index in [-0.39, 0.29) is 51.9 Å². The van der Waals surface area contributed by atoms with Crippen molar-refractivity contribution in [2.75, 3.05) is 66.9 Å². The zero-order chi connectivity index (χ0) is 29.0. The summed E-state index contributed by atoms with van der Waals surface area (Å²) in [6.07, 6.45) is 4.91. The largest absolute Gasteiger partial charge is 0.495 e. The number of methoxy groups -OCH3 is 2. The maximum absolute atomic E-state index is 13.9. The molecule has 0 bridgehead atoms. The minimum atomic E-state index is -0.368. The average Bonchev–Trinajstić information content (AvgIpc) is 2.91. The zero-order valence-corrected chi connectivity index (χ0v) is 24.5. The van der Waals surface area contributed by atoms with Gasteiger partial charge in [-0.3, -0.25) is 14.2 Å². The van der Waals surface area contributed by atoms with Crippen molar-refractivity contribution >= 4 is 46.1 Å². The fourth-order valence-corrected chi connectivity index (χ4v) is 5.00. The highest BCUT2D eigenvalue weighted by molar-refractivity contribution is 6.41. The quantitative estimate of drug-likeness (QED) is 0.336. The molecule has 4 rings (SSSR count). The Morgan fingerprint density at radius 3 is 2.45 bits per heavy atom. The van der Waals surface area contributed by atoms with E-state index in [0.717, 1.165) is 0 Å². The van der Waals surface area contributed by atoms with Crippen LogP contribution in [0.25, 0.3) is 22.2 Å². The number of rotatable bonds is 11. The van der Waals surface area contributed by atoms with Gasteiger partial charge in [0.15, 0.2) is 0 Å². The number of benzene rings is 1. The number of carbonyl (C=O) groups is 1. The maximum atomic E-state index is 13.9. The van der Waals surface area contributed by atoms with Crippen molar-refractivity contribution in [3.8, 4) is 22.6 Å². The highest BCUT2D eigenvalue weighted by Gasteiger charge is 2.30. The standard InChI is InChI=1S/C27H32Cl2N6O5/c1-30-27-31-13-16-11-18(22-23(28)19(38-4)12-20(39-5)24(22)29)26(37)35(25(16)32-27)9-10-40-17-14-34(15-17)21(36)7-6-8-33(2)3/h6-7,11-13,17H,8-10,14-15H2,1-5H3,(H,30,31,32)/b7-6+. The van der Waals surface area contributed by atoms with Crippen LogP contribution < -0.4 is 20.3 Å². The smallest absolute Gasteiger partial charge is 0.260 e. The predicted octanol–water partition coefficient (Wildman–Crippen LogP) is 3.17. The number of halogens is 2. The van der Waals surface area contributed by atoms with Crippen molar-refractivity contribution in [3.05, 3.63) is 50.9 Å². The summed E-state index contributed by atoms with van der Waals surface area (Å²) in [4.78, 5) is 38.7. The number of hydrogen-bond acceptors (Lipinski definition) is 9. The Labute approximate surface area is 242 Å². The molecule has 1 amide bonds. The third-order valence-corrected chi connectivity index (χ3v) is 7.20. The Morgan fingerprint density at radius 1 is 1.18 bits per heavy atom. The zero-order valence-electron chi connectivity index (χ0n) is 23.0. The summed E-state index contributed by atoms with van der Waals surface area (Å²) < 4.78 is 18.3. The number of ether oxygens (including phenoxy) is 3. The van der Waals surface area contributed by atoms with Crippen molar-refractivity contribution in [1.29, 1.82) is 0 Å². The molecule has 11 nitrogen and oxygen atoms in total. The summed E-state index contributed by atoms with van der Waals surface area (Å²) in [5.41, 5.74) is 0.586. The van der Waals surface area contributed by atoms with Gasteiger partial charge in [0.05, 0.1) is 49.1 Å². The minimum absolute atomic E-state index is 0.0459. The van der Waals surface area contributed by atoms with E-state index in [1.165, 1.54) is 18.8 Å². The fraction of sp³-hybridized carbons (Fsp3) is 0.407. The molecule has 1 N–H and O–H groups in total. The maximum Gasteiger partial charge on any atom is 0.260 e. The lowest BCUT2D eigenvalue weighted by Crippen LogP contribution is -2.54. The molecule has 1 aliphatic rings. The summed E-state index contributed by atoms with van der Waals surface area (Å²) in [7, 11) is 8.51. The first-order valence-electron chi connectivity index (χ1n) is 12.6. The van der Waals surface area contributed by atoms with Crippen LogP contribution in [0.15, 0.2) is 35.3 Å². The van der Waals surface area contributed by atoms with Gasteiger partial charge in [-0.2, -0.15) is 4.98 Å². The number of nitrogens with zero attached hydrogens (tertiary/aromatic N) is 5. The van der Waals surface area contributed by atoms with E-state index in [1.54, 1.807) is 36.4 Å². The van der Waals surface area contributed by atoms with Gasteiger partial charge in [-0.15, -0.1) is 0 Å². The normalized spacial score (nSPS) is 13.8. The minimum Gasteiger partial charge on any atom is -0.495 e. The van der Waals surface area contributed by atoms with Gasteiger partial charge in [-0.1, -0.05) is 29.3 Å². The van der Waals surface area contributed by atoms with E-state index in [0.29, 0.717) is 48.1 Å². The molecule has 214 valence electrons. The topological polar surface area (TPSA) is 111 Å². The number of likely N-dealkylation sites (N-methyl/N-ethyl adjacent to an activating group) is 1. The van der Waals surface area contributed by atoms with E-state index < -0.39 is 0 Å². The number of carbonyl (C=O) groups excluding carboxylic acids is 1. The van der Waals surface area contributed by atoms with Gasteiger partial charge in [0.2, 0.25) is 11.9 Å². The second kappa shape index (κ2) is 12.9. The Bertz CT molecular complexity index is 1460. The number of amides is 1. The molecule has 13 heteroatoms. The van der Waals surface area contributed by atoms with Gasteiger partial charge in [-0.25, -0.2) is 4.98 Å². The molecule has 1 aliphatic heterocycles. The predicted molar refractivity (Wildman–Crippen MR) is 156 cm³/mol. The molecule has 1 fully saturated rings. The fourth-order valence-electron chi connectivity index (χ4n) is 4.29. The van der Waals surface area contributed by atoms with Crippen LogP contribution >= 0.6 is 23.2 Å². The molecule has 40 heavy (non-hydrogen) atoms. The summed E-state index contributed by atoms with van der Waals surface area (Å²) in [5.74, 6) is 0.948. The summed E-state index contributed by atoms with van der Waals surface area (Å²) in [6.45, 7) is 2.10. The summed E-state index contributed by atoms with van der Waals surface area (Å²) >= 11 is 13.3. The SMILES string of the molecule is CNc1ncc2cc(-c3c(Cl)c(OC)cc(OC)c3Cl)c(=O)n(CCOC3CN(C(=O)/C=C/CN(C)C)C3)c2n1. The van der Waals surface area contributed by atoms with Crippen LogP contribution in [0.3, 0.4) is 0 Å². The first kappa shape index (κ1) is 29.6. The molecule has 0 aliphatic carbocycles. The molecule has 1 aromatic carbocycles. The van der Waals surface area contributed by atoms with Crippen LogP contribution in [-0.4, -0.2) is 97.9 Å². The van der Waals surface area contributed by atoms with Gasteiger partial charge in [0, 0.05) is 56.0 Å². The lowest BCUT2D eigenvalue weighted by molar-refractivity contribution is -0.139. The number of pyridine rings is 1. The molecule has 0 saturated carbocycles. The number of aromatic nitrogens is 3. The number of fused-ring (bicyclic) bond motifs is 1. The number of nitrogens with one attached hydrogen (secondary N) is 1. The van der Waals surface area contributed by atoms with E-state index in [1.807, 2.05) is 25.1 Å². The Morgan fingerprint density at radius 2 is 1.85 bits per heavy atom. The van der Waals surface area contributed by atoms with Crippen molar-refractivity contribution in [2.45, 2.75) is 12.6 Å². The van der Waals surface area contributed by atoms with Crippen LogP contribution in [0.1, 0.15) is 0 Å². The Balaban J connectivity index is 1.60. The third-order valence-electron chi connectivity index (χ3n) is 6.45. The molecule has 0 unspecified atom stereocenters. The Kier molecular flexibility index (Phi) is 9.52. The molecule has 3 aromatic rings. The van der Waals surface area contributed by atoms with Crippen molar-refractivity contribution < 1.29 is 19.0 Å². The second-order valence-electron chi connectivity index (χ2n) is 9.42. The van der Waals surface area contributed by atoms with E-state index in [9.17, 15) is 9.59 Å². The van der Waals surface area contributed by atoms with Crippen molar-refractivity contribution in [3.63, 3.8) is 0 Å². The van der Waals surface area contributed by atoms with Gasteiger partial charge < -0.3 is 29.3 Å².